The molecule has 1 rings (SSSR count). The van der Waals surface area contributed by atoms with Crippen LogP contribution in [-0.4, -0.2) is 16.5 Å². The predicted molar refractivity (Wildman–Crippen MR) is 58.7 cm³/mol. The van der Waals surface area contributed by atoms with E-state index >= 15 is 0 Å². The van der Waals surface area contributed by atoms with Gasteiger partial charge in [0.15, 0.2) is 0 Å². The first-order valence-corrected chi connectivity index (χ1v) is 4.81. The molecule has 86 valence electrons. The summed E-state index contributed by atoms with van der Waals surface area (Å²) in [5.41, 5.74) is -0.658. The molecule has 16 heavy (non-hydrogen) atoms. The fourth-order valence-corrected chi connectivity index (χ4v) is 0.982. The summed E-state index contributed by atoms with van der Waals surface area (Å²) in [6.45, 7) is 1.56. The quantitative estimate of drug-likeness (QED) is 0.220. The molecule has 6 nitrogen and oxygen atoms in total. The van der Waals surface area contributed by atoms with E-state index in [0.29, 0.717) is 0 Å². The summed E-state index contributed by atoms with van der Waals surface area (Å²) >= 11 is 3.83. The SMILES string of the molecule is CC(S)OC(=O)Oc1ccc([N+](=O)[O-])cc1. The van der Waals surface area contributed by atoms with Gasteiger partial charge in [0.25, 0.3) is 5.69 Å². The Balaban J connectivity index is 2.62. The molecule has 0 heterocycles. The van der Waals surface area contributed by atoms with Crippen LogP contribution in [0, 0.1) is 10.1 Å². The molecular formula is C9H9NO5S. The standard InChI is InChI=1S/C9H9NO5S/c1-6(16)14-9(11)15-8-4-2-7(3-5-8)10(12)13/h2-6,16H,1H3. The summed E-state index contributed by atoms with van der Waals surface area (Å²) in [5.74, 6) is 0.171. The van der Waals surface area contributed by atoms with E-state index in [0.717, 1.165) is 0 Å². The molecule has 0 amide bonds. The topological polar surface area (TPSA) is 78.7 Å². The minimum atomic E-state index is -0.906. The number of ether oxygens (including phenoxy) is 2. The maximum Gasteiger partial charge on any atom is 0.514 e. The smallest absolute Gasteiger partial charge is 0.420 e. The molecule has 0 bridgehead atoms. The van der Waals surface area contributed by atoms with Crippen LogP contribution in [0.1, 0.15) is 6.92 Å². The number of carbonyl (C=O) groups is 1. The van der Waals surface area contributed by atoms with Gasteiger partial charge in [-0.15, -0.1) is 12.6 Å². The van der Waals surface area contributed by atoms with E-state index in [1.54, 1.807) is 6.92 Å². The number of nitro groups is 1. The highest BCUT2D eigenvalue weighted by Crippen LogP contribution is 2.17. The van der Waals surface area contributed by atoms with E-state index < -0.39 is 16.5 Å². The molecule has 7 heteroatoms. The molecule has 1 unspecified atom stereocenters. The molecule has 0 N–H and O–H groups in total. The number of carbonyl (C=O) groups excluding carboxylic acids is 1. The Morgan fingerprint density at radius 1 is 1.44 bits per heavy atom. The van der Waals surface area contributed by atoms with Crippen LogP contribution in [0.2, 0.25) is 0 Å². The van der Waals surface area contributed by atoms with E-state index in [1.807, 2.05) is 0 Å². The zero-order valence-corrected chi connectivity index (χ0v) is 9.22. The third kappa shape index (κ3) is 3.77. The Hall–Kier alpha value is -1.76. The van der Waals surface area contributed by atoms with Crippen molar-refractivity contribution in [1.82, 2.24) is 0 Å². The van der Waals surface area contributed by atoms with Crippen molar-refractivity contribution in [1.29, 1.82) is 0 Å². The van der Waals surface area contributed by atoms with Crippen molar-refractivity contribution < 1.29 is 19.2 Å². The van der Waals surface area contributed by atoms with Gasteiger partial charge in [-0.2, -0.15) is 0 Å². The molecule has 0 aliphatic rings. The van der Waals surface area contributed by atoms with Crippen molar-refractivity contribution in [2.45, 2.75) is 12.4 Å². The van der Waals surface area contributed by atoms with Crippen molar-refractivity contribution in [2.75, 3.05) is 0 Å². The van der Waals surface area contributed by atoms with Gasteiger partial charge >= 0.3 is 6.16 Å². The summed E-state index contributed by atoms with van der Waals surface area (Å²) in [6.07, 6.45) is -0.906. The average molecular weight is 243 g/mol. The van der Waals surface area contributed by atoms with Gasteiger partial charge in [0.1, 0.15) is 11.2 Å². The summed E-state index contributed by atoms with van der Waals surface area (Å²) < 4.78 is 9.33. The number of hydrogen-bond donors (Lipinski definition) is 1. The zero-order chi connectivity index (χ0) is 12.1. The van der Waals surface area contributed by atoms with Crippen molar-refractivity contribution >= 4 is 24.5 Å². The van der Waals surface area contributed by atoms with Crippen LogP contribution >= 0.6 is 12.6 Å². The molecule has 1 aromatic rings. The van der Waals surface area contributed by atoms with E-state index in [2.05, 4.69) is 17.4 Å². The van der Waals surface area contributed by atoms with Gasteiger partial charge in [-0.3, -0.25) is 10.1 Å². The molecule has 0 aromatic heterocycles. The lowest BCUT2D eigenvalue weighted by Gasteiger charge is -2.07. The van der Waals surface area contributed by atoms with Crippen LogP contribution < -0.4 is 4.74 Å². The number of hydrogen-bond acceptors (Lipinski definition) is 6. The van der Waals surface area contributed by atoms with Gasteiger partial charge in [-0.05, 0) is 19.1 Å². The number of non-ortho nitro benzene ring substituents is 1. The van der Waals surface area contributed by atoms with E-state index in [4.69, 9.17) is 4.74 Å². The van der Waals surface area contributed by atoms with Gasteiger partial charge in [-0.25, -0.2) is 4.79 Å². The number of benzene rings is 1. The van der Waals surface area contributed by atoms with Crippen LogP contribution in [0.5, 0.6) is 5.75 Å². The van der Waals surface area contributed by atoms with Gasteiger partial charge in [0, 0.05) is 12.1 Å². The highest BCUT2D eigenvalue weighted by Gasteiger charge is 2.10. The number of nitrogens with zero attached hydrogens (tertiary/aromatic N) is 1. The van der Waals surface area contributed by atoms with Crippen molar-refractivity contribution in [2.24, 2.45) is 0 Å². The first-order valence-electron chi connectivity index (χ1n) is 4.30. The Kier molecular flexibility index (Phi) is 4.12. The largest absolute Gasteiger partial charge is 0.514 e. The predicted octanol–water partition coefficient (Wildman–Crippen LogP) is 2.39. The maximum atomic E-state index is 11.0. The molecule has 0 spiro atoms. The Labute approximate surface area is 96.7 Å². The zero-order valence-electron chi connectivity index (χ0n) is 8.32. The molecule has 0 saturated carbocycles. The summed E-state index contributed by atoms with van der Waals surface area (Å²) in [6, 6.07) is 5.07. The van der Waals surface area contributed by atoms with Crippen LogP contribution in [0.4, 0.5) is 10.5 Å². The maximum absolute atomic E-state index is 11.0. The van der Waals surface area contributed by atoms with Gasteiger partial charge in [-0.1, -0.05) is 0 Å². The molecule has 0 radical (unpaired) electrons. The molecular weight excluding hydrogens is 234 g/mol. The summed E-state index contributed by atoms with van der Waals surface area (Å²) in [7, 11) is 0. The normalized spacial score (nSPS) is 11.6. The second kappa shape index (κ2) is 5.36. The van der Waals surface area contributed by atoms with Gasteiger partial charge in [0.2, 0.25) is 0 Å². The summed E-state index contributed by atoms with van der Waals surface area (Å²) in [4.78, 5) is 20.8. The average Bonchev–Trinajstić information content (AvgIpc) is 2.16. The highest BCUT2D eigenvalue weighted by molar-refractivity contribution is 7.80. The third-order valence-corrected chi connectivity index (χ3v) is 1.62. The van der Waals surface area contributed by atoms with Crippen molar-refractivity contribution in [3.05, 3.63) is 34.4 Å². The van der Waals surface area contributed by atoms with Crippen LogP contribution in [-0.2, 0) is 4.74 Å². The number of rotatable bonds is 3. The molecule has 0 saturated heterocycles. The third-order valence-electron chi connectivity index (χ3n) is 1.52. The molecule has 0 aliphatic carbocycles. The lowest BCUT2D eigenvalue weighted by Crippen LogP contribution is -2.14. The fraction of sp³-hybridized carbons (Fsp3) is 0.222. The van der Waals surface area contributed by atoms with E-state index in [-0.39, 0.29) is 11.4 Å². The van der Waals surface area contributed by atoms with Gasteiger partial charge in [0.05, 0.1) is 4.92 Å². The van der Waals surface area contributed by atoms with Crippen LogP contribution in [0.15, 0.2) is 24.3 Å². The van der Waals surface area contributed by atoms with Crippen LogP contribution in [0.25, 0.3) is 0 Å². The molecule has 0 fully saturated rings. The first-order chi connectivity index (χ1) is 7.49. The number of nitro benzene ring substituents is 1. The summed E-state index contributed by atoms with van der Waals surface area (Å²) in [5, 5.41) is 10.3. The lowest BCUT2D eigenvalue weighted by atomic mass is 10.3. The molecule has 1 atom stereocenters. The Bertz CT molecular complexity index is 389. The highest BCUT2D eigenvalue weighted by atomic mass is 32.1. The lowest BCUT2D eigenvalue weighted by molar-refractivity contribution is -0.384. The molecule has 1 aromatic carbocycles. The Morgan fingerprint density at radius 2 is 2.00 bits per heavy atom. The molecule has 0 aliphatic heterocycles. The Morgan fingerprint density at radius 3 is 2.44 bits per heavy atom. The van der Waals surface area contributed by atoms with Crippen molar-refractivity contribution in [3.63, 3.8) is 0 Å². The van der Waals surface area contributed by atoms with E-state index in [9.17, 15) is 14.9 Å². The minimum absolute atomic E-state index is 0.0803. The van der Waals surface area contributed by atoms with E-state index in [1.165, 1.54) is 24.3 Å². The van der Waals surface area contributed by atoms with Gasteiger partial charge < -0.3 is 9.47 Å². The monoisotopic (exact) mass is 243 g/mol. The van der Waals surface area contributed by atoms with Crippen LogP contribution in [0.3, 0.4) is 0 Å². The van der Waals surface area contributed by atoms with Crippen molar-refractivity contribution in [3.8, 4) is 5.75 Å². The number of thiol groups is 1. The second-order valence-electron chi connectivity index (χ2n) is 2.82. The first kappa shape index (κ1) is 12.3. The fourth-order valence-electron chi connectivity index (χ4n) is 0.895. The minimum Gasteiger partial charge on any atom is -0.420 e. The second-order valence-corrected chi connectivity index (χ2v) is 3.55.